The van der Waals surface area contributed by atoms with Crippen LogP contribution in [0.15, 0.2) is 48.8 Å². The summed E-state index contributed by atoms with van der Waals surface area (Å²) in [5.41, 5.74) is 2.95. The Labute approximate surface area is 132 Å². The zero-order valence-corrected chi connectivity index (χ0v) is 12.9. The molecule has 0 spiro atoms. The van der Waals surface area contributed by atoms with Crippen molar-refractivity contribution >= 4 is 5.69 Å². The molecule has 3 atom stereocenters. The second-order valence-electron chi connectivity index (χ2n) is 6.29. The van der Waals surface area contributed by atoms with E-state index in [1.54, 1.807) is 18.5 Å². The maximum absolute atomic E-state index is 9.21. The van der Waals surface area contributed by atoms with E-state index in [1.807, 2.05) is 0 Å². The Morgan fingerprint density at radius 1 is 1.14 bits per heavy atom. The number of hydrogen-bond acceptors (Lipinski definition) is 3. The van der Waals surface area contributed by atoms with Gasteiger partial charge in [-0.1, -0.05) is 37.3 Å². The lowest BCUT2D eigenvalue weighted by Gasteiger charge is -2.34. The molecular formula is C19H21N3. The Morgan fingerprint density at radius 2 is 1.95 bits per heavy atom. The Balaban J connectivity index is 1.76. The number of nitriles is 1. The van der Waals surface area contributed by atoms with Crippen LogP contribution in [0.3, 0.4) is 0 Å². The average Bonchev–Trinajstić information content (AvgIpc) is 2.56. The van der Waals surface area contributed by atoms with Gasteiger partial charge in [-0.3, -0.25) is 4.98 Å². The van der Waals surface area contributed by atoms with E-state index in [9.17, 15) is 5.26 Å². The first-order valence-corrected chi connectivity index (χ1v) is 7.92. The molecule has 3 heteroatoms. The number of nitrogens with zero attached hydrogens (tertiary/aromatic N) is 2. The van der Waals surface area contributed by atoms with Crippen molar-refractivity contribution < 1.29 is 0 Å². The van der Waals surface area contributed by atoms with E-state index in [2.05, 4.69) is 53.6 Å². The lowest BCUT2D eigenvalue weighted by Crippen LogP contribution is -2.30. The van der Waals surface area contributed by atoms with Gasteiger partial charge < -0.3 is 5.32 Å². The van der Waals surface area contributed by atoms with E-state index in [0.29, 0.717) is 23.4 Å². The molecule has 1 saturated carbocycles. The highest BCUT2D eigenvalue weighted by molar-refractivity contribution is 5.56. The first kappa shape index (κ1) is 14.6. The van der Waals surface area contributed by atoms with Gasteiger partial charge in [0, 0.05) is 12.2 Å². The highest BCUT2D eigenvalue weighted by Gasteiger charge is 2.27. The van der Waals surface area contributed by atoms with E-state index < -0.39 is 0 Å². The Bertz CT molecular complexity index is 660. The number of nitrogens with one attached hydrogen (secondary N) is 1. The van der Waals surface area contributed by atoms with Crippen LogP contribution in [-0.4, -0.2) is 11.0 Å². The number of rotatable bonds is 3. The molecule has 3 unspecified atom stereocenters. The lowest BCUT2D eigenvalue weighted by molar-refractivity contribution is 0.321. The molecule has 1 heterocycles. The van der Waals surface area contributed by atoms with Gasteiger partial charge in [0.25, 0.3) is 0 Å². The third kappa shape index (κ3) is 3.28. The molecule has 0 amide bonds. The first-order chi connectivity index (χ1) is 10.8. The monoisotopic (exact) mass is 291 g/mol. The van der Waals surface area contributed by atoms with Gasteiger partial charge in [0.15, 0.2) is 0 Å². The van der Waals surface area contributed by atoms with Crippen LogP contribution in [0.2, 0.25) is 0 Å². The molecule has 22 heavy (non-hydrogen) atoms. The van der Waals surface area contributed by atoms with Gasteiger partial charge in [0.1, 0.15) is 6.07 Å². The largest absolute Gasteiger partial charge is 0.380 e. The van der Waals surface area contributed by atoms with Gasteiger partial charge >= 0.3 is 0 Å². The second-order valence-corrected chi connectivity index (χ2v) is 6.29. The zero-order chi connectivity index (χ0) is 15.4. The molecule has 0 bridgehead atoms. The normalized spacial score (nSPS) is 24.5. The van der Waals surface area contributed by atoms with Crippen LogP contribution < -0.4 is 5.32 Å². The molecule has 3 rings (SSSR count). The van der Waals surface area contributed by atoms with Crippen LogP contribution in [-0.2, 0) is 0 Å². The topological polar surface area (TPSA) is 48.7 Å². The van der Waals surface area contributed by atoms with Crippen molar-refractivity contribution in [3.8, 4) is 6.07 Å². The van der Waals surface area contributed by atoms with Gasteiger partial charge in [-0.25, -0.2) is 0 Å². The Hall–Kier alpha value is -2.34. The molecule has 112 valence electrons. The summed E-state index contributed by atoms with van der Waals surface area (Å²) in [7, 11) is 0. The van der Waals surface area contributed by atoms with Crippen molar-refractivity contribution in [3.63, 3.8) is 0 Å². The van der Waals surface area contributed by atoms with E-state index >= 15 is 0 Å². The molecule has 0 aliphatic heterocycles. The van der Waals surface area contributed by atoms with E-state index in [4.69, 9.17) is 0 Å². The third-order valence-corrected chi connectivity index (χ3v) is 4.51. The average molecular weight is 291 g/mol. The van der Waals surface area contributed by atoms with Gasteiger partial charge in [-0.15, -0.1) is 0 Å². The molecule has 0 saturated heterocycles. The van der Waals surface area contributed by atoms with E-state index in [0.717, 1.165) is 18.5 Å². The van der Waals surface area contributed by atoms with Gasteiger partial charge in [0.2, 0.25) is 0 Å². The number of anilines is 1. The van der Waals surface area contributed by atoms with Crippen LogP contribution >= 0.6 is 0 Å². The van der Waals surface area contributed by atoms with Crippen molar-refractivity contribution in [2.45, 2.75) is 38.1 Å². The van der Waals surface area contributed by atoms with Crippen LogP contribution in [0.5, 0.6) is 0 Å². The fraction of sp³-hybridized carbons (Fsp3) is 0.368. The minimum absolute atomic E-state index is 0.394. The Morgan fingerprint density at radius 3 is 2.73 bits per heavy atom. The van der Waals surface area contributed by atoms with Crippen molar-refractivity contribution in [2.75, 3.05) is 5.32 Å². The molecular weight excluding hydrogens is 270 g/mol. The molecule has 2 aromatic rings. The van der Waals surface area contributed by atoms with Crippen molar-refractivity contribution in [2.24, 2.45) is 5.92 Å². The third-order valence-electron chi connectivity index (χ3n) is 4.51. The molecule has 1 N–H and O–H groups in total. The zero-order valence-electron chi connectivity index (χ0n) is 12.9. The number of pyridine rings is 1. The minimum Gasteiger partial charge on any atom is -0.380 e. The summed E-state index contributed by atoms with van der Waals surface area (Å²) in [5, 5.41) is 12.8. The Kier molecular flexibility index (Phi) is 4.39. The molecule has 0 radical (unpaired) electrons. The fourth-order valence-corrected chi connectivity index (χ4v) is 3.55. The van der Waals surface area contributed by atoms with Crippen molar-refractivity contribution in [3.05, 3.63) is 59.9 Å². The highest BCUT2D eigenvalue weighted by Crippen LogP contribution is 2.37. The van der Waals surface area contributed by atoms with Crippen molar-refractivity contribution in [1.29, 1.82) is 5.26 Å². The first-order valence-electron chi connectivity index (χ1n) is 7.92. The molecule has 1 aromatic carbocycles. The molecule has 1 aliphatic rings. The lowest BCUT2D eigenvalue weighted by atomic mass is 9.76. The maximum Gasteiger partial charge on any atom is 0.101 e. The van der Waals surface area contributed by atoms with Gasteiger partial charge in [-0.2, -0.15) is 5.26 Å². The smallest absolute Gasteiger partial charge is 0.101 e. The SMILES string of the molecule is CC1CC(Nc2cnccc2C#N)CC(c2ccccc2)C1. The number of benzene rings is 1. The highest BCUT2D eigenvalue weighted by atomic mass is 14.9. The van der Waals surface area contributed by atoms with E-state index in [-0.39, 0.29) is 0 Å². The summed E-state index contributed by atoms with van der Waals surface area (Å²) in [6.07, 6.45) is 6.91. The quantitative estimate of drug-likeness (QED) is 0.915. The van der Waals surface area contributed by atoms with Gasteiger partial charge in [-0.05, 0) is 42.7 Å². The summed E-state index contributed by atoms with van der Waals surface area (Å²) in [6.45, 7) is 2.32. The molecule has 1 aliphatic carbocycles. The van der Waals surface area contributed by atoms with Crippen LogP contribution in [0.25, 0.3) is 0 Å². The summed E-state index contributed by atoms with van der Waals surface area (Å²) in [5.74, 6) is 1.27. The van der Waals surface area contributed by atoms with Crippen LogP contribution in [0, 0.1) is 17.2 Å². The molecule has 1 fully saturated rings. The number of aromatic nitrogens is 1. The van der Waals surface area contributed by atoms with Gasteiger partial charge in [0.05, 0.1) is 17.4 Å². The minimum atomic E-state index is 0.394. The maximum atomic E-state index is 9.21. The standard InChI is InChI=1S/C19H21N3/c1-14-9-17(15-5-3-2-4-6-15)11-18(10-14)22-19-13-21-8-7-16(19)12-20/h2-8,13-14,17-18,22H,9-11H2,1H3. The van der Waals surface area contributed by atoms with Crippen LogP contribution in [0.1, 0.15) is 43.2 Å². The molecule has 3 nitrogen and oxygen atoms in total. The fourth-order valence-electron chi connectivity index (χ4n) is 3.55. The predicted octanol–water partition coefficient (Wildman–Crippen LogP) is 4.34. The second kappa shape index (κ2) is 6.62. The summed E-state index contributed by atoms with van der Waals surface area (Å²) >= 11 is 0. The van der Waals surface area contributed by atoms with E-state index in [1.165, 1.54) is 12.0 Å². The summed E-state index contributed by atoms with van der Waals surface area (Å²) in [6, 6.07) is 15.2. The van der Waals surface area contributed by atoms with Crippen molar-refractivity contribution in [1.82, 2.24) is 4.98 Å². The summed E-state index contributed by atoms with van der Waals surface area (Å²) < 4.78 is 0. The van der Waals surface area contributed by atoms with Crippen LogP contribution in [0.4, 0.5) is 5.69 Å². The number of hydrogen-bond donors (Lipinski definition) is 1. The molecule has 1 aromatic heterocycles. The predicted molar refractivity (Wildman–Crippen MR) is 88.6 cm³/mol. The summed E-state index contributed by atoms with van der Waals surface area (Å²) in [4.78, 5) is 4.14.